The predicted octanol–water partition coefficient (Wildman–Crippen LogP) is 0.752. The predicted molar refractivity (Wildman–Crippen MR) is 78.1 cm³/mol. The zero-order valence-corrected chi connectivity index (χ0v) is 12.8. The fraction of sp³-hybridized carbons (Fsp3) is 0.533. The third kappa shape index (κ3) is 3.94. The topological polar surface area (TPSA) is 93.1 Å². The van der Waals surface area contributed by atoms with Gasteiger partial charge in [-0.05, 0) is 6.42 Å². The Morgan fingerprint density at radius 2 is 2.18 bits per heavy atom. The van der Waals surface area contributed by atoms with Gasteiger partial charge < -0.3 is 19.5 Å². The van der Waals surface area contributed by atoms with Gasteiger partial charge in [0.2, 0.25) is 5.78 Å². The number of methoxy groups -OCH3 is 1. The molecule has 1 heterocycles. The lowest BCUT2D eigenvalue weighted by Gasteiger charge is -2.36. The highest BCUT2D eigenvalue weighted by Crippen LogP contribution is 2.22. The first kappa shape index (κ1) is 17.9. The van der Waals surface area contributed by atoms with Crippen molar-refractivity contribution in [2.75, 3.05) is 20.3 Å². The van der Waals surface area contributed by atoms with Gasteiger partial charge in [-0.15, -0.1) is 6.58 Å². The Morgan fingerprint density at radius 3 is 2.68 bits per heavy atom. The second-order valence-electron chi connectivity index (χ2n) is 4.81. The van der Waals surface area contributed by atoms with E-state index in [0.717, 1.165) is 13.5 Å². The van der Waals surface area contributed by atoms with Crippen LogP contribution in [0.5, 0.6) is 0 Å². The number of hydrogen-bond acceptors (Lipinski definition) is 6. The highest BCUT2D eigenvalue weighted by atomic mass is 16.5. The van der Waals surface area contributed by atoms with Gasteiger partial charge in [0.15, 0.2) is 12.1 Å². The van der Waals surface area contributed by atoms with Crippen LogP contribution in [0.4, 0.5) is 0 Å². The van der Waals surface area contributed by atoms with Crippen molar-refractivity contribution in [1.29, 1.82) is 0 Å². The van der Waals surface area contributed by atoms with Crippen LogP contribution < -0.4 is 0 Å². The van der Waals surface area contributed by atoms with Crippen LogP contribution in [0.3, 0.4) is 0 Å². The van der Waals surface area contributed by atoms with Crippen LogP contribution in [0.25, 0.3) is 0 Å². The zero-order chi connectivity index (χ0) is 16.7. The number of carboxylic acids is 1. The molecular weight excluding hydrogens is 290 g/mol. The number of rotatable bonds is 8. The number of carbonyl (C=O) groups is 3. The van der Waals surface area contributed by atoms with Gasteiger partial charge >= 0.3 is 11.9 Å². The third-order valence-electron chi connectivity index (χ3n) is 3.26. The molecule has 1 N–H and O–H groups in total. The van der Waals surface area contributed by atoms with Crippen molar-refractivity contribution >= 4 is 17.7 Å². The molecule has 0 aromatic carbocycles. The van der Waals surface area contributed by atoms with Crippen molar-refractivity contribution < 1.29 is 29.0 Å². The van der Waals surface area contributed by atoms with Crippen molar-refractivity contribution in [1.82, 2.24) is 4.90 Å². The maximum absolute atomic E-state index is 12.4. The number of unbranched alkanes of at least 4 members (excludes halogenated alkanes) is 1. The molecule has 122 valence electrons. The highest BCUT2D eigenvalue weighted by Gasteiger charge is 2.44. The Labute approximate surface area is 129 Å². The van der Waals surface area contributed by atoms with Crippen LogP contribution >= 0.6 is 0 Å². The molecule has 0 aliphatic carbocycles. The summed E-state index contributed by atoms with van der Waals surface area (Å²) in [4.78, 5) is 37.0. The smallest absolute Gasteiger partial charge is 0.343 e. The molecule has 0 saturated carbocycles. The maximum Gasteiger partial charge on any atom is 0.343 e. The van der Waals surface area contributed by atoms with Gasteiger partial charge in [0.05, 0.1) is 7.11 Å². The minimum absolute atomic E-state index is 0.165. The summed E-state index contributed by atoms with van der Waals surface area (Å²) in [6, 6.07) is -1.20. The van der Waals surface area contributed by atoms with Crippen molar-refractivity contribution in [3.05, 3.63) is 24.4 Å². The summed E-state index contributed by atoms with van der Waals surface area (Å²) in [6.07, 6.45) is 2.97. The molecule has 0 aromatic rings. The largest absolute Gasteiger partial charge is 0.480 e. The van der Waals surface area contributed by atoms with E-state index in [0.29, 0.717) is 6.42 Å². The van der Waals surface area contributed by atoms with Gasteiger partial charge in [-0.1, -0.05) is 19.4 Å². The number of carbonyl (C=O) groups excluding carboxylic acids is 2. The van der Waals surface area contributed by atoms with Gasteiger partial charge in [-0.3, -0.25) is 4.79 Å². The average molecular weight is 311 g/mol. The number of hydrogen-bond donors (Lipinski definition) is 1. The Hall–Kier alpha value is -2.15. The Morgan fingerprint density at radius 1 is 1.50 bits per heavy atom. The van der Waals surface area contributed by atoms with E-state index in [4.69, 9.17) is 4.74 Å². The summed E-state index contributed by atoms with van der Waals surface area (Å²) in [5.41, 5.74) is -0.219. The summed E-state index contributed by atoms with van der Waals surface area (Å²) in [5.74, 6) is -2.68. The Balaban J connectivity index is 3.16. The van der Waals surface area contributed by atoms with Gasteiger partial charge in [0.25, 0.3) is 0 Å². The monoisotopic (exact) mass is 311 g/mol. The van der Waals surface area contributed by atoms with Gasteiger partial charge in [0, 0.05) is 19.4 Å². The van der Waals surface area contributed by atoms with Crippen LogP contribution in [0.1, 0.15) is 19.8 Å². The molecule has 0 aromatic heterocycles. The molecular formula is C15H21NO6. The standard InChI is InChI=1S/C15H21NO6/c1-4-6-8-22-13-11(14(18)19)16(7-5-2)9-10(12(13)17)15(20)21-3/h5,9,11,13H,2,4,6-8H2,1,3H3,(H,18,19). The highest BCUT2D eigenvalue weighted by molar-refractivity contribution is 6.20. The summed E-state index contributed by atoms with van der Waals surface area (Å²) in [6.45, 7) is 5.91. The molecule has 1 aliphatic rings. The molecule has 2 atom stereocenters. The quantitative estimate of drug-likeness (QED) is 0.306. The molecule has 1 rings (SSSR count). The summed E-state index contributed by atoms with van der Waals surface area (Å²) < 4.78 is 10.0. The SMILES string of the molecule is C=CCN1C=C(C(=O)OC)C(=O)C(OCCCC)C1C(=O)O. The third-order valence-corrected chi connectivity index (χ3v) is 3.26. The van der Waals surface area contributed by atoms with Crippen LogP contribution in [0, 0.1) is 0 Å². The van der Waals surface area contributed by atoms with E-state index in [2.05, 4.69) is 11.3 Å². The van der Waals surface area contributed by atoms with Crippen LogP contribution in [-0.2, 0) is 23.9 Å². The van der Waals surface area contributed by atoms with Crippen LogP contribution in [-0.4, -0.2) is 60.1 Å². The van der Waals surface area contributed by atoms with E-state index >= 15 is 0 Å². The van der Waals surface area contributed by atoms with Crippen LogP contribution in [0.2, 0.25) is 0 Å². The lowest BCUT2D eigenvalue weighted by atomic mass is 9.95. The minimum atomic E-state index is -1.25. The van der Waals surface area contributed by atoms with Gasteiger partial charge in [-0.2, -0.15) is 0 Å². The molecule has 22 heavy (non-hydrogen) atoms. The minimum Gasteiger partial charge on any atom is -0.480 e. The van der Waals surface area contributed by atoms with Crippen molar-refractivity contribution in [3.8, 4) is 0 Å². The summed E-state index contributed by atoms with van der Waals surface area (Å²) in [5, 5.41) is 9.41. The first-order valence-corrected chi connectivity index (χ1v) is 7.03. The van der Waals surface area contributed by atoms with Crippen LogP contribution in [0.15, 0.2) is 24.4 Å². The number of ketones is 1. The lowest BCUT2D eigenvalue weighted by molar-refractivity contribution is -0.156. The van der Waals surface area contributed by atoms with E-state index in [1.54, 1.807) is 0 Å². The summed E-state index contributed by atoms with van der Waals surface area (Å²) >= 11 is 0. The number of carboxylic acid groups (broad SMARTS) is 1. The number of ether oxygens (including phenoxy) is 2. The number of aliphatic carboxylic acids is 1. The fourth-order valence-electron chi connectivity index (χ4n) is 2.15. The molecule has 0 radical (unpaired) electrons. The molecule has 2 unspecified atom stereocenters. The van der Waals surface area contributed by atoms with Crippen molar-refractivity contribution in [2.24, 2.45) is 0 Å². The molecule has 0 fully saturated rings. The van der Waals surface area contributed by atoms with E-state index in [-0.39, 0.29) is 18.7 Å². The first-order valence-electron chi connectivity index (χ1n) is 7.03. The normalized spacial score (nSPS) is 21.3. The average Bonchev–Trinajstić information content (AvgIpc) is 2.49. The molecule has 7 nitrogen and oxygen atoms in total. The zero-order valence-electron chi connectivity index (χ0n) is 12.8. The molecule has 0 amide bonds. The lowest BCUT2D eigenvalue weighted by Crippen LogP contribution is -2.55. The van der Waals surface area contributed by atoms with E-state index in [1.807, 2.05) is 6.92 Å². The van der Waals surface area contributed by atoms with Crippen molar-refractivity contribution in [2.45, 2.75) is 31.9 Å². The summed E-state index contributed by atoms with van der Waals surface area (Å²) in [7, 11) is 1.16. The maximum atomic E-state index is 12.4. The number of nitrogens with zero attached hydrogens (tertiary/aromatic N) is 1. The molecule has 0 saturated heterocycles. The van der Waals surface area contributed by atoms with E-state index in [9.17, 15) is 19.5 Å². The second-order valence-corrected chi connectivity index (χ2v) is 4.81. The number of esters is 1. The Bertz CT molecular complexity index is 484. The first-order chi connectivity index (χ1) is 10.5. The Kier molecular flexibility index (Phi) is 6.78. The van der Waals surface area contributed by atoms with Crippen molar-refractivity contribution in [3.63, 3.8) is 0 Å². The fourth-order valence-corrected chi connectivity index (χ4v) is 2.15. The molecule has 7 heteroatoms. The molecule has 0 spiro atoms. The molecule has 0 bridgehead atoms. The van der Waals surface area contributed by atoms with E-state index in [1.165, 1.54) is 17.2 Å². The number of Topliss-reactive ketones (excluding diaryl/α,β-unsaturated/α-hetero) is 1. The molecule has 1 aliphatic heterocycles. The van der Waals surface area contributed by atoms with E-state index < -0.39 is 29.9 Å². The van der Waals surface area contributed by atoms with Gasteiger partial charge in [0.1, 0.15) is 5.57 Å². The van der Waals surface area contributed by atoms with Gasteiger partial charge in [-0.25, -0.2) is 9.59 Å². The second kappa shape index (κ2) is 8.33.